The number of rotatable bonds is 5. The van der Waals surface area contributed by atoms with Gasteiger partial charge in [-0.1, -0.05) is 34.8 Å². The summed E-state index contributed by atoms with van der Waals surface area (Å²) in [6.07, 6.45) is 0. The molecule has 3 rings (SSSR count). The van der Waals surface area contributed by atoms with Gasteiger partial charge >= 0.3 is 0 Å². The molecule has 1 saturated heterocycles. The predicted octanol–water partition coefficient (Wildman–Crippen LogP) is 4.63. The second-order valence-electron chi connectivity index (χ2n) is 6.01. The first-order chi connectivity index (χ1) is 12.5. The van der Waals surface area contributed by atoms with Gasteiger partial charge in [-0.25, -0.2) is 0 Å². The maximum atomic E-state index is 13.2. The summed E-state index contributed by atoms with van der Waals surface area (Å²) in [5.74, 6) is -0.165. The second-order valence-corrected chi connectivity index (χ2v) is 7.29. The highest BCUT2D eigenvalue weighted by molar-refractivity contribution is 6.37. The molecule has 4 nitrogen and oxygen atoms in total. The lowest BCUT2D eigenvalue weighted by Gasteiger charge is -2.30. The van der Waals surface area contributed by atoms with E-state index in [1.165, 1.54) is 0 Å². The normalized spacial score (nSPS) is 15.0. The molecule has 1 aliphatic heterocycles. The summed E-state index contributed by atoms with van der Waals surface area (Å²) < 4.78 is 5.38. The lowest BCUT2D eigenvalue weighted by Crippen LogP contribution is -2.43. The van der Waals surface area contributed by atoms with Crippen LogP contribution in [0.15, 0.2) is 42.5 Å². The SMILES string of the molecule is O=C(c1ccc(Cl)cc1Cl)N(CCN1CCOCC1)c1ccc(Cl)cc1. The van der Waals surface area contributed by atoms with Crippen LogP contribution >= 0.6 is 34.8 Å². The third-order valence-electron chi connectivity index (χ3n) is 4.29. The molecule has 26 heavy (non-hydrogen) atoms. The molecule has 1 fully saturated rings. The van der Waals surface area contributed by atoms with Crippen LogP contribution in [0.4, 0.5) is 5.69 Å². The number of nitrogens with zero attached hydrogens (tertiary/aromatic N) is 2. The van der Waals surface area contributed by atoms with Crippen LogP contribution in [0.2, 0.25) is 15.1 Å². The summed E-state index contributed by atoms with van der Waals surface area (Å²) >= 11 is 18.2. The summed E-state index contributed by atoms with van der Waals surface area (Å²) in [6.45, 7) is 4.47. The Morgan fingerprint density at radius 2 is 1.65 bits per heavy atom. The van der Waals surface area contributed by atoms with Crippen molar-refractivity contribution in [3.8, 4) is 0 Å². The van der Waals surface area contributed by atoms with Crippen molar-refractivity contribution in [1.82, 2.24) is 4.90 Å². The summed E-state index contributed by atoms with van der Waals surface area (Å²) in [4.78, 5) is 17.2. The minimum absolute atomic E-state index is 0.165. The molecule has 1 aliphatic rings. The first-order valence-electron chi connectivity index (χ1n) is 8.37. The standard InChI is InChI=1S/C19H19Cl3N2O2/c20-14-1-4-16(5-2-14)24(8-7-23-9-11-26-12-10-23)19(25)17-6-3-15(21)13-18(17)22/h1-6,13H,7-12H2. The highest BCUT2D eigenvalue weighted by atomic mass is 35.5. The van der Waals surface area contributed by atoms with Crippen molar-refractivity contribution in [2.24, 2.45) is 0 Å². The van der Waals surface area contributed by atoms with E-state index in [1.807, 2.05) is 12.1 Å². The molecule has 0 bridgehead atoms. The number of benzene rings is 2. The second kappa shape index (κ2) is 9.07. The van der Waals surface area contributed by atoms with Crippen molar-refractivity contribution in [2.75, 3.05) is 44.3 Å². The van der Waals surface area contributed by atoms with Gasteiger partial charge in [-0.15, -0.1) is 0 Å². The Bertz CT molecular complexity index is 762. The van der Waals surface area contributed by atoms with Gasteiger partial charge in [-0.3, -0.25) is 9.69 Å². The first kappa shape index (κ1) is 19.5. The number of carbonyl (C=O) groups is 1. The highest BCUT2D eigenvalue weighted by Crippen LogP contribution is 2.25. The molecule has 0 unspecified atom stereocenters. The van der Waals surface area contributed by atoms with E-state index in [0.717, 1.165) is 38.5 Å². The van der Waals surface area contributed by atoms with Crippen molar-refractivity contribution in [3.63, 3.8) is 0 Å². The molecule has 0 spiro atoms. The summed E-state index contributed by atoms with van der Waals surface area (Å²) in [6, 6.07) is 12.1. The Hall–Kier alpha value is -1.30. The van der Waals surface area contributed by atoms with Crippen LogP contribution in [-0.4, -0.2) is 50.2 Å². The van der Waals surface area contributed by atoms with Crippen molar-refractivity contribution in [1.29, 1.82) is 0 Å². The largest absolute Gasteiger partial charge is 0.379 e. The molecule has 1 amide bonds. The molecule has 0 saturated carbocycles. The third kappa shape index (κ3) is 4.90. The Morgan fingerprint density at radius 3 is 2.31 bits per heavy atom. The lowest BCUT2D eigenvalue weighted by molar-refractivity contribution is 0.0391. The summed E-state index contributed by atoms with van der Waals surface area (Å²) in [5.41, 5.74) is 1.20. The van der Waals surface area contributed by atoms with E-state index < -0.39 is 0 Å². The third-order valence-corrected chi connectivity index (χ3v) is 5.09. The average molecular weight is 414 g/mol. The molecule has 0 aliphatic carbocycles. The van der Waals surface area contributed by atoms with Crippen LogP contribution in [0, 0.1) is 0 Å². The maximum Gasteiger partial charge on any atom is 0.259 e. The van der Waals surface area contributed by atoms with Crippen LogP contribution in [0.3, 0.4) is 0 Å². The number of hydrogen-bond acceptors (Lipinski definition) is 3. The van der Waals surface area contributed by atoms with Crippen LogP contribution in [-0.2, 0) is 4.74 Å². The molecule has 0 aromatic heterocycles. The Morgan fingerprint density at radius 1 is 1.00 bits per heavy atom. The lowest BCUT2D eigenvalue weighted by atomic mass is 10.1. The van der Waals surface area contributed by atoms with Gasteiger partial charge in [0.15, 0.2) is 0 Å². The fraction of sp³-hybridized carbons (Fsp3) is 0.316. The van der Waals surface area contributed by atoms with Crippen molar-refractivity contribution >= 4 is 46.4 Å². The maximum absolute atomic E-state index is 13.2. The average Bonchev–Trinajstić information content (AvgIpc) is 2.64. The van der Waals surface area contributed by atoms with E-state index in [4.69, 9.17) is 39.5 Å². The first-order valence-corrected chi connectivity index (χ1v) is 9.50. The van der Waals surface area contributed by atoms with Crippen LogP contribution in [0.1, 0.15) is 10.4 Å². The van der Waals surface area contributed by atoms with Crippen LogP contribution in [0.25, 0.3) is 0 Å². The number of morpholine rings is 1. The van der Waals surface area contributed by atoms with Crippen LogP contribution < -0.4 is 4.90 Å². The molecule has 0 N–H and O–H groups in total. The zero-order valence-electron chi connectivity index (χ0n) is 14.1. The minimum Gasteiger partial charge on any atom is -0.379 e. The number of amides is 1. The number of ether oxygens (including phenoxy) is 1. The van der Waals surface area contributed by atoms with Crippen molar-refractivity contribution < 1.29 is 9.53 Å². The quantitative estimate of drug-likeness (QED) is 0.716. The molecule has 0 radical (unpaired) electrons. The van der Waals surface area contributed by atoms with Gasteiger partial charge in [-0.05, 0) is 42.5 Å². The molecule has 2 aromatic carbocycles. The molecule has 2 aromatic rings. The highest BCUT2D eigenvalue weighted by Gasteiger charge is 2.22. The molecule has 1 heterocycles. The molecular weight excluding hydrogens is 395 g/mol. The van der Waals surface area contributed by atoms with E-state index >= 15 is 0 Å². The van der Waals surface area contributed by atoms with E-state index in [1.54, 1.807) is 35.2 Å². The zero-order valence-corrected chi connectivity index (χ0v) is 16.4. The van der Waals surface area contributed by atoms with Crippen molar-refractivity contribution in [3.05, 3.63) is 63.1 Å². The van der Waals surface area contributed by atoms with Gasteiger partial charge < -0.3 is 9.64 Å². The smallest absolute Gasteiger partial charge is 0.259 e. The van der Waals surface area contributed by atoms with E-state index in [2.05, 4.69) is 4.90 Å². The predicted molar refractivity (Wildman–Crippen MR) is 107 cm³/mol. The van der Waals surface area contributed by atoms with Crippen molar-refractivity contribution in [2.45, 2.75) is 0 Å². The van der Waals surface area contributed by atoms with Gasteiger partial charge in [0.05, 0.1) is 23.8 Å². The summed E-state index contributed by atoms with van der Waals surface area (Å²) in [7, 11) is 0. The number of carbonyl (C=O) groups excluding carboxylic acids is 1. The Kier molecular flexibility index (Phi) is 6.79. The van der Waals surface area contributed by atoms with Gasteiger partial charge in [0.2, 0.25) is 0 Å². The monoisotopic (exact) mass is 412 g/mol. The molecule has 7 heteroatoms. The summed E-state index contributed by atoms with van der Waals surface area (Å²) in [5, 5.41) is 1.46. The van der Waals surface area contributed by atoms with E-state index in [0.29, 0.717) is 27.2 Å². The molecular formula is C19H19Cl3N2O2. The van der Waals surface area contributed by atoms with Gasteiger partial charge in [0, 0.05) is 41.9 Å². The fourth-order valence-corrected chi connectivity index (χ4v) is 3.46. The number of halogens is 3. The molecule has 0 atom stereocenters. The Balaban J connectivity index is 1.83. The minimum atomic E-state index is -0.165. The number of anilines is 1. The fourth-order valence-electron chi connectivity index (χ4n) is 2.84. The van der Waals surface area contributed by atoms with Gasteiger partial charge in [-0.2, -0.15) is 0 Å². The van der Waals surface area contributed by atoms with Gasteiger partial charge in [0.1, 0.15) is 0 Å². The number of hydrogen-bond donors (Lipinski definition) is 0. The topological polar surface area (TPSA) is 32.8 Å². The van der Waals surface area contributed by atoms with Gasteiger partial charge in [0.25, 0.3) is 5.91 Å². The molecule has 138 valence electrons. The van der Waals surface area contributed by atoms with E-state index in [9.17, 15) is 4.79 Å². The zero-order chi connectivity index (χ0) is 18.5. The Labute approximate surface area is 168 Å². The van der Waals surface area contributed by atoms with E-state index in [-0.39, 0.29) is 5.91 Å². The van der Waals surface area contributed by atoms with Crippen LogP contribution in [0.5, 0.6) is 0 Å².